The second-order valence-electron chi connectivity index (χ2n) is 8.56. The third-order valence-electron chi connectivity index (χ3n) is 5.96. The summed E-state index contributed by atoms with van der Waals surface area (Å²) < 4.78 is 19.8. The molecule has 0 aliphatic heterocycles. The van der Waals surface area contributed by atoms with Gasteiger partial charge >= 0.3 is 0 Å². The number of fused-ring (bicyclic) bond motifs is 1. The van der Waals surface area contributed by atoms with Crippen molar-refractivity contribution in [3.05, 3.63) is 53.3 Å². The van der Waals surface area contributed by atoms with E-state index in [4.69, 9.17) is 22.1 Å². The van der Waals surface area contributed by atoms with Crippen molar-refractivity contribution >= 4 is 40.0 Å². The van der Waals surface area contributed by atoms with Gasteiger partial charge in [-0.15, -0.1) is 0 Å². The van der Waals surface area contributed by atoms with Gasteiger partial charge in [0.05, 0.1) is 28.5 Å². The highest BCUT2D eigenvalue weighted by molar-refractivity contribution is 6.31. The molecular weight excluding hydrogens is 469 g/mol. The van der Waals surface area contributed by atoms with Crippen LogP contribution in [0.3, 0.4) is 0 Å². The van der Waals surface area contributed by atoms with E-state index in [9.17, 15) is 9.18 Å². The van der Waals surface area contributed by atoms with Crippen LogP contribution < -0.4 is 15.8 Å². The molecule has 0 bridgehead atoms. The largest absolute Gasteiger partial charge is 0.491 e. The summed E-state index contributed by atoms with van der Waals surface area (Å²) in [5, 5.41) is 3.53. The summed E-state index contributed by atoms with van der Waals surface area (Å²) >= 11 is 6.01. The van der Waals surface area contributed by atoms with Crippen LogP contribution in [-0.4, -0.2) is 47.0 Å². The maximum Gasteiger partial charge on any atom is 0.248 e. The molecule has 3 N–H and O–H groups in total. The normalized spacial score (nSPS) is 13.6. The lowest BCUT2D eigenvalue weighted by molar-refractivity contribution is -0.111. The number of aromatic nitrogens is 2. The Bertz CT molecular complexity index is 1260. The van der Waals surface area contributed by atoms with Crippen molar-refractivity contribution in [1.82, 2.24) is 14.9 Å². The van der Waals surface area contributed by atoms with Crippen LogP contribution in [0.1, 0.15) is 26.7 Å². The lowest BCUT2D eigenvalue weighted by Gasteiger charge is -2.16. The number of hydrogen-bond donors (Lipinski definition) is 2. The van der Waals surface area contributed by atoms with Crippen molar-refractivity contribution in [2.45, 2.75) is 26.7 Å². The van der Waals surface area contributed by atoms with Crippen LogP contribution in [0.2, 0.25) is 5.02 Å². The molecule has 35 heavy (non-hydrogen) atoms. The van der Waals surface area contributed by atoms with Gasteiger partial charge in [0, 0.05) is 29.6 Å². The van der Waals surface area contributed by atoms with Crippen LogP contribution >= 0.6 is 11.6 Å². The van der Waals surface area contributed by atoms with E-state index in [0.717, 1.165) is 25.9 Å². The van der Waals surface area contributed by atoms with Gasteiger partial charge in [0.2, 0.25) is 11.9 Å². The summed E-state index contributed by atoms with van der Waals surface area (Å²) in [4.78, 5) is 23.7. The van der Waals surface area contributed by atoms with E-state index >= 15 is 0 Å². The van der Waals surface area contributed by atoms with E-state index in [0.29, 0.717) is 52.7 Å². The van der Waals surface area contributed by atoms with Crippen molar-refractivity contribution in [1.29, 1.82) is 0 Å². The van der Waals surface area contributed by atoms with Crippen LogP contribution in [0, 0.1) is 11.7 Å². The number of hydrogen-bond acceptors (Lipinski definition) is 6. The molecule has 1 heterocycles. The fourth-order valence-electron chi connectivity index (χ4n) is 3.71. The highest BCUT2D eigenvalue weighted by atomic mass is 35.5. The number of carbonyl (C=O) groups is 1. The molecule has 4 rings (SSSR count). The Morgan fingerprint density at radius 1 is 1.26 bits per heavy atom. The second-order valence-corrected chi connectivity index (χ2v) is 8.96. The average molecular weight is 498 g/mol. The van der Waals surface area contributed by atoms with Gasteiger partial charge in [0.25, 0.3) is 0 Å². The van der Waals surface area contributed by atoms with E-state index < -0.39 is 5.82 Å². The van der Waals surface area contributed by atoms with Gasteiger partial charge in [-0.2, -0.15) is 0 Å². The van der Waals surface area contributed by atoms with Crippen LogP contribution in [0.5, 0.6) is 5.75 Å². The maximum atomic E-state index is 13.8. The topological polar surface area (TPSA) is 93.4 Å². The molecule has 1 amide bonds. The van der Waals surface area contributed by atoms with Gasteiger partial charge in [0.15, 0.2) is 0 Å². The first-order valence-electron chi connectivity index (χ1n) is 11.8. The number of benzene rings is 2. The zero-order valence-corrected chi connectivity index (χ0v) is 20.6. The molecule has 7 nitrogen and oxygen atoms in total. The smallest absolute Gasteiger partial charge is 0.248 e. The summed E-state index contributed by atoms with van der Waals surface area (Å²) in [6, 6.07) is 7.86. The van der Waals surface area contributed by atoms with Crippen LogP contribution in [-0.2, 0) is 4.79 Å². The minimum absolute atomic E-state index is 0.0240. The van der Waals surface area contributed by atoms with Crippen molar-refractivity contribution in [3.8, 4) is 17.0 Å². The molecule has 0 atom stereocenters. The molecule has 1 aliphatic rings. The Morgan fingerprint density at radius 3 is 2.71 bits per heavy atom. The van der Waals surface area contributed by atoms with E-state index in [1.807, 2.05) is 6.08 Å². The molecule has 3 aromatic rings. The molecular formula is C26H29ClFN5O2. The summed E-state index contributed by atoms with van der Waals surface area (Å²) in [6.45, 7) is 7.23. The number of nitrogen functional groups attached to an aromatic ring is 1. The summed E-state index contributed by atoms with van der Waals surface area (Å²) in [5.41, 5.74) is 8.09. The van der Waals surface area contributed by atoms with Crippen LogP contribution in [0.25, 0.3) is 22.2 Å². The SMILES string of the molecule is CCN(CC)CC=CC(=O)Nc1cc2c(-c3ccc(F)c(Cl)c3)nc(N)nc2cc1OCC1CC1. The summed E-state index contributed by atoms with van der Waals surface area (Å²) in [5.74, 6) is 0.307. The van der Waals surface area contributed by atoms with Crippen molar-refractivity contribution in [2.75, 3.05) is 37.3 Å². The molecule has 9 heteroatoms. The zero-order valence-electron chi connectivity index (χ0n) is 19.9. The minimum Gasteiger partial charge on any atom is -0.491 e. The van der Waals surface area contributed by atoms with Crippen LogP contribution in [0.15, 0.2) is 42.5 Å². The first-order valence-corrected chi connectivity index (χ1v) is 12.1. The highest BCUT2D eigenvalue weighted by Gasteiger charge is 2.23. The Hall–Kier alpha value is -3.23. The van der Waals surface area contributed by atoms with Crippen LogP contribution in [0.4, 0.5) is 16.0 Å². The van der Waals surface area contributed by atoms with E-state index in [-0.39, 0.29) is 16.9 Å². The van der Waals surface area contributed by atoms with Crippen molar-refractivity contribution in [2.24, 2.45) is 5.92 Å². The quantitative estimate of drug-likeness (QED) is 0.369. The molecule has 1 aromatic heterocycles. The molecule has 0 spiro atoms. The monoisotopic (exact) mass is 497 g/mol. The fraction of sp³-hybridized carbons (Fsp3) is 0.346. The Balaban J connectivity index is 1.71. The molecule has 0 radical (unpaired) electrons. The Kier molecular flexibility index (Phi) is 7.83. The highest BCUT2D eigenvalue weighted by Crippen LogP contribution is 2.37. The summed E-state index contributed by atoms with van der Waals surface area (Å²) in [6.07, 6.45) is 5.62. The molecule has 0 saturated heterocycles. The van der Waals surface area contributed by atoms with Crippen molar-refractivity contribution in [3.63, 3.8) is 0 Å². The fourth-order valence-corrected chi connectivity index (χ4v) is 3.89. The van der Waals surface area contributed by atoms with E-state index in [2.05, 4.69) is 34.0 Å². The number of carbonyl (C=O) groups excluding carboxylic acids is 1. The molecule has 184 valence electrons. The van der Waals surface area contributed by atoms with Gasteiger partial charge in [-0.05, 0) is 56.1 Å². The van der Waals surface area contributed by atoms with E-state index in [1.54, 1.807) is 18.2 Å². The number of rotatable bonds is 10. The summed E-state index contributed by atoms with van der Waals surface area (Å²) in [7, 11) is 0. The second kappa shape index (κ2) is 11.0. The van der Waals surface area contributed by atoms with Gasteiger partial charge < -0.3 is 20.7 Å². The van der Waals surface area contributed by atoms with Gasteiger partial charge in [-0.1, -0.05) is 31.5 Å². The predicted octanol–water partition coefficient (Wildman–Crippen LogP) is 5.30. The number of nitrogens with one attached hydrogen (secondary N) is 1. The number of nitrogens with zero attached hydrogens (tertiary/aromatic N) is 3. The third kappa shape index (κ3) is 6.26. The molecule has 1 fully saturated rings. The first-order chi connectivity index (χ1) is 16.9. The number of likely N-dealkylation sites (N-methyl/N-ethyl adjacent to an activating group) is 1. The number of amides is 1. The molecule has 0 unspecified atom stereocenters. The number of halogens is 2. The molecule has 1 aliphatic carbocycles. The van der Waals surface area contributed by atoms with Gasteiger partial charge in [0.1, 0.15) is 11.6 Å². The standard InChI is InChI=1S/C26H29ClFN5O2/c1-3-33(4-2)11-5-6-24(34)30-22-13-18-21(14-23(22)35-15-16-7-8-16)31-26(29)32-25(18)17-9-10-20(28)19(27)12-17/h5-6,9-10,12-14,16H,3-4,7-8,11,15H2,1-2H3,(H,30,34)(H2,29,31,32). The lowest BCUT2D eigenvalue weighted by atomic mass is 10.1. The van der Waals surface area contributed by atoms with Gasteiger partial charge in [-0.25, -0.2) is 14.4 Å². The average Bonchev–Trinajstić information content (AvgIpc) is 3.66. The Labute approximate surface area is 209 Å². The predicted molar refractivity (Wildman–Crippen MR) is 138 cm³/mol. The molecule has 2 aromatic carbocycles. The zero-order chi connectivity index (χ0) is 24.9. The van der Waals surface area contributed by atoms with E-state index in [1.165, 1.54) is 18.2 Å². The Morgan fingerprint density at radius 2 is 2.03 bits per heavy atom. The van der Waals surface area contributed by atoms with Gasteiger partial charge in [-0.3, -0.25) is 4.79 Å². The van der Waals surface area contributed by atoms with Crippen molar-refractivity contribution < 1.29 is 13.9 Å². The number of anilines is 2. The number of ether oxygens (including phenoxy) is 1. The lowest BCUT2D eigenvalue weighted by Crippen LogP contribution is -2.23. The minimum atomic E-state index is -0.526. The maximum absolute atomic E-state index is 13.8. The first kappa shape index (κ1) is 24.9. The molecule has 1 saturated carbocycles. The number of nitrogens with two attached hydrogens (primary N) is 1. The third-order valence-corrected chi connectivity index (χ3v) is 6.25.